The van der Waals surface area contributed by atoms with E-state index in [9.17, 15) is 23.2 Å². The molecule has 188 valence electrons. The van der Waals surface area contributed by atoms with E-state index in [1.165, 1.54) is 46.8 Å². The van der Waals surface area contributed by atoms with Crippen molar-refractivity contribution in [3.63, 3.8) is 0 Å². The van der Waals surface area contributed by atoms with E-state index in [-0.39, 0.29) is 38.6 Å². The highest BCUT2D eigenvalue weighted by Crippen LogP contribution is 2.37. The van der Waals surface area contributed by atoms with Crippen LogP contribution in [0.3, 0.4) is 0 Å². The molecule has 36 heavy (non-hydrogen) atoms. The van der Waals surface area contributed by atoms with Crippen LogP contribution >= 0.6 is 11.6 Å². The van der Waals surface area contributed by atoms with E-state index in [0.29, 0.717) is 25.3 Å². The van der Waals surface area contributed by atoms with E-state index < -0.39 is 21.2 Å². The summed E-state index contributed by atoms with van der Waals surface area (Å²) in [5.74, 6) is -0.561. The van der Waals surface area contributed by atoms with E-state index >= 15 is 0 Å². The Labute approximate surface area is 211 Å². The number of benzene rings is 2. The molecule has 1 aromatic heterocycles. The smallest absolute Gasteiger partial charge is 0.255 e. The van der Waals surface area contributed by atoms with Gasteiger partial charge >= 0.3 is 0 Å². The second-order valence-electron chi connectivity index (χ2n) is 8.94. The average Bonchev–Trinajstić information content (AvgIpc) is 2.85. The second kappa shape index (κ2) is 9.34. The van der Waals surface area contributed by atoms with Crippen molar-refractivity contribution in [3.8, 4) is 0 Å². The molecule has 2 N–H and O–H groups in total. The van der Waals surface area contributed by atoms with Gasteiger partial charge in [-0.3, -0.25) is 14.8 Å². The number of rotatable bonds is 5. The van der Waals surface area contributed by atoms with E-state index in [1.54, 1.807) is 10.6 Å². The van der Waals surface area contributed by atoms with Crippen LogP contribution in [0.15, 0.2) is 70.4 Å². The van der Waals surface area contributed by atoms with E-state index in [0.717, 1.165) is 18.2 Å². The maximum Gasteiger partial charge on any atom is 0.255 e. The Bertz CT molecular complexity index is 1490. The van der Waals surface area contributed by atoms with Crippen molar-refractivity contribution in [3.05, 3.63) is 92.5 Å². The lowest BCUT2D eigenvalue weighted by Gasteiger charge is -2.42. The van der Waals surface area contributed by atoms with Gasteiger partial charge in [-0.05, 0) is 60.9 Å². The Balaban J connectivity index is 1.32. The van der Waals surface area contributed by atoms with Gasteiger partial charge in [0.15, 0.2) is 0 Å². The monoisotopic (exact) mass is 529 g/mol. The fraction of sp³-hybridized carbons (Fsp3) is 0.250. The number of carbonyl (C=O) groups excluding carboxylic acids is 1. The zero-order valence-corrected chi connectivity index (χ0v) is 20.4. The number of amides is 1. The van der Waals surface area contributed by atoms with Gasteiger partial charge < -0.3 is 20.3 Å². The first-order valence-electron chi connectivity index (χ1n) is 11.2. The summed E-state index contributed by atoms with van der Waals surface area (Å²) >= 11 is 5.83. The highest BCUT2D eigenvalue weighted by Gasteiger charge is 2.39. The van der Waals surface area contributed by atoms with Crippen molar-refractivity contribution >= 4 is 38.9 Å². The molecule has 2 unspecified atom stereocenters. The van der Waals surface area contributed by atoms with Gasteiger partial charge in [-0.25, -0.2) is 8.42 Å². The highest BCUT2D eigenvalue weighted by molar-refractivity contribution is 7.89. The number of nitrogens with one attached hydrogen (secondary N) is 1. The van der Waals surface area contributed by atoms with Crippen LogP contribution in [0, 0.1) is 11.1 Å². The largest absolute Gasteiger partial charge is 0.733 e. The number of anilines is 2. The summed E-state index contributed by atoms with van der Waals surface area (Å²) in [7, 11) is -3.78. The quantitative estimate of drug-likeness (QED) is 0.484. The van der Waals surface area contributed by atoms with E-state index in [1.807, 2.05) is 6.07 Å². The molecule has 10 nitrogen and oxygen atoms in total. The highest BCUT2D eigenvalue weighted by atomic mass is 35.5. The third-order valence-electron chi connectivity index (χ3n) is 6.61. The number of aromatic nitrogens is 1. The number of carbonyl (C=O) groups is 1. The summed E-state index contributed by atoms with van der Waals surface area (Å²) < 4.78 is 30.0. The van der Waals surface area contributed by atoms with Gasteiger partial charge in [0, 0.05) is 48.6 Å². The van der Waals surface area contributed by atoms with Crippen molar-refractivity contribution < 1.29 is 18.4 Å². The number of hydrogen-bond acceptors (Lipinski definition) is 7. The number of piperidine rings is 1. The van der Waals surface area contributed by atoms with Crippen molar-refractivity contribution in [1.82, 2.24) is 8.87 Å². The lowest BCUT2D eigenvalue weighted by Crippen LogP contribution is -2.48. The molecule has 1 fully saturated rings. The lowest BCUT2D eigenvalue weighted by atomic mass is 9.84. The van der Waals surface area contributed by atoms with Crippen LogP contribution in [-0.4, -0.2) is 41.5 Å². The molecule has 2 aromatic carbocycles. The predicted molar refractivity (Wildman–Crippen MR) is 134 cm³/mol. The Kier molecular flexibility index (Phi) is 6.35. The molecule has 3 aromatic rings. The summed E-state index contributed by atoms with van der Waals surface area (Å²) in [4.78, 5) is 24.9. The Morgan fingerprint density at radius 1 is 1.08 bits per heavy atom. The van der Waals surface area contributed by atoms with Crippen LogP contribution in [0.1, 0.15) is 28.4 Å². The molecular weight excluding hydrogens is 508 g/mol. The van der Waals surface area contributed by atoms with Gasteiger partial charge in [-0.2, -0.15) is 4.31 Å². The molecule has 2 bridgehead atoms. The zero-order chi connectivity index (χ0) is 25.6. The Hall–Kier alpha value is -3.22. The maximum absolute atomic E-state index is 13.4. The van der Waals surface area contributed by atoms with Crippen molar-refractivity contribution in [2.45, 2.75) is 23.8 Å². The topological polar surface area (TPSA) is 135 Å². The van der Waals surface area contributed by atoms with Crippen LogP contribution in [0.2, 0.25) is 5.02 Å². The third-order valence-corrected chi connectivity index (χ3v) is 8.78. The average molecular weight is 530 g/mol. The standard InChI is InChI=1S/C24H22ClN4O6S/c25-20-9-4-16(11-22(20)29(32)33)24(31)26-18-5-7-19(8-6-18)36(34,35)27-12-15-10-17(14-27)21-2-1-3-23(30)28(21)13-15/h1-9,11,15,17,32H,10,12-14H2,(H,26,31)/q-1. The minimum atomic E-state index is -3.78. The van der Waals surface area contributed by atoms with Crippen LogP contribution in [0.4, 0.5) is 11.4 Å². The summed E-state index contributed by atoms with van der Waals surface area (Å²) in [6, 6.07) is 14.8. The van der Waals surface area contributed by atoms with E-state index in [2.05, 4.69) is 5.32 Å². The third kappa shape index (κ3) is 4.51. The maximum atomic E-state index is 13.4. The van der Waals surface area contributed by atoms with Crippen molar-refractivity contribution in [2.24, 2.45) is 5.92 Å². The molecule has 2 atom stereocenters. The van der Waals surface area contributed by atoms with Crippen molar-refractivity contribution in [2.75, 3.05) is 23.6 Å². The molecular formula is C24H22ClN4O6S-. The molecule has 0 aliphatic carbocycles. The van der Waals surface area contributed by atoms with Gasteiger partial charge in [-0.15, -0.1) is 0 Å². The van der Waals surface area contributed by atoms with Gasteiger partial charge in [0.1, 0.15) is 0 Å². The van der Waals surface area contributed by atoms with Crippen LogP contribution in [-0.2, 0) is 16.6 Å². The summed E-state index contributed by atoms with van der Waals surface area (Å²) in [6.07, 6.45) is 0.841. The minimum absolute atomic E-state index is 0.0176. The molecule has 0 spiro atoms. The normalized spacial score (nSPS) is 19.4. The molecule has 2 aliphatic rings. The minimum Gasteiger partial charge on any atom is -0.733 e. The van der Waals surface area contributed by atoms with Gasteiger partial charge in [-0.1, -0.05) is 17.7 Å². The first-order valence-corrected chi connectivity index (χ1v) is 13.0. The fourth-order valence-electron chi connectivity index (χ4n) is 4.91. The molecule has 0 radical (unpaired) electrons. The van der Waals surface area contributed by atoms with Crippen LogP contribution in [0.25, 0.3) is 0 Å². The number of halogens is 1. The number of sulfonamides is 1. The molecule has 1 amide bonds. The van der Waals surface area contributed by atoms with Gasteiger partial charge in [0.2, 0.25) is 10.0 Å². The predicted octanol–water partition coefficient (Wildman–Crippen LogP) is 3.26. The number of fused-ring (bicyclic) bond motifs is 4. The summed E-state index contributed by atoms with van der Waals surface area (Å²) in [5, 5.41) is 22.5. The van der Waals surface area contributed by atoms with Crippen molar-refractivity contribution in [1.29, 1.82) is 0 Å². The Morgan fingerprint density at radius 2 is 1.83 bits per heavy atom. The Morgan fingerprint density at radius 3 is 2.56 bits per heavy atom. The molecule has 12 heteroatoms. The fourth-order valence-corrected chi connectivity index (χ4v) is 6.66. The first-order chi connectivity index (χ1) is 17.1. The lowest BCUT2D eigenvalue weighted by molar-refractivity contribution is 0.102. The molecule has 1 saturated heterocycles. The SMILES string of the molecule is O=C(Nc1ccc(S(=O)(=O)N2CC3CC(C2)c2cccc(=O)n2C3)cc1)c1ccc(Cl)c(N([O-])O)c1. The zero-order valence-electron chi connectivity index (χ0n) is 18.9. The molecule has 0 saturated carbocycles. The number of pyridine rings is 1. The summed E-state index contributed by atoms with van der Waals surface area (Å²) in [6.45, 7) is 1.12. The molecule has 3 heterocycles. The van der Waals surface area contributed by atoms with E-state index in [4.69, 9.17) is 16.8 Å². The number of nitrogens with zero attached hydrogens (tertiary/aromatic N) is 3. The summed E-state index contributed by atoms with van der Waals surface area (Å²) in [5.41, 5.74) is 0.961. The molecule has 2 aliphatic heterocycles. The second-order valence-corrected chi connectivity index (χ2v) is 11.3. The van der Waals surface area contributed by atoms with Gasteiger partial charge in [0.25, 0.3) is 11.5 Å². The first kappa shape index (κ1) is 24.5. The molecule has 5 rings (SSSR count). The van der Waals surface area contributed by atoms with Crippen LogP contribution in [0.5, 0.6) is 0 Å². The number of hydrogen-bond donors (Lipinski definition) is 2. The van der Waals surface area contributed by atoms with Crippen LogP contribution < -0.4 is 16.1 Å². The van der Waals surface area contributed by atoms with Gasteiger partial charge in [0.05, 0.1) is 15.6 Å².